The maximum atomic E-state index is 13.7. The van der Waals surface area contributed by atoms with Gasteiger partial charge in [0.25, 0.3) is 11.8 Å². The van der Waals surface area contributed by atoms with E-state index in [9.17, 15) is 9.59 Å². The van der Waals surface area contributed by atoms with Gasteiger partial charge in [-0.05, 0) is 47.5 Å². The Hall–Kier alpha value is -4.01. The summed E-state index contributed by atoms with van der Waals surface area (Å²) in [5.41, 5.74) is 5.62. The van der Waals surface area contributed by atoms with E-state index >= 15 is 0 Å². The lowest BCUT2D eigenvalue weighted by Crippen LogP contribution is -2.44. The van der Waals surface area contributed by atoms with Crippen molar-refractivity contribution in [2.24, 2.45) is 0 Å². The Morgan fingerprint density at radius 1 is 0.947 bits per heavy atom. The number of nitrogens with zero attached hydrogens (tertiary/aromatic N) is 4. The van der Waals surface area contributed by atoms with Gasteiger partial charge in [0.15, 0.2) is 5.13 Å². The molecule has 0 saturated carbocycles. The standard InChI is InChI=1S/C30H29N5O2S/c1-33-14-16-34(17-15-33)25-11-9-21(10-12-25)23-7-8-24-20-35(29(37)26(24)19-23)27(22-5-3-2-4-6-22)28(36)32-30-31-13-18-38-30/h2-13,18-19,27H,14-17,20H2,1H3,(H,31,32,36). The van der Waals surface area contributed by atoms with Crippen LogP contribution in [0, 0.1) is 0 Å². The Labute approximate surface area is 226 Å². The van der Waals surface area contributed by atoms with E-state index in [1.54, 1.807) is 11.1 Å². The molecule has 0 bridgehead atoms. The van der Waals surface area contributed by atoms with Gasteiger partial charge in [0.1, 0.15) is 6.04 Å². The van der Waals surface area contributed by atoms with Gasteiger partial charge in [0.2, 0.25) is 0 Å². The van der Waals surface area contributed by atoms with Crippen LogP contribution >= 0.6 is 11.3 Å². The number of anilines is 2. The predicted octanol–water partition coefficient (Wildman–Crippen LogP) is 4.90. The fraction of sp³-hybridized carbons (Fsp3) is 0.233. The van der Waals surface area contributed by atoms with Crippen molar-refractivity contribution < 1.29 is 9.59 Å². The molecular weight excluding hydrogens is 494 g/mol. The topological polar surface area (TPSA) is 68.8 Å². The number of thiazole rings is 1. The Bertz CT molecular complexity index is 1430. The molecule has 0 aliphatic carbocycles. The third kappa shape index (κ3) is 4.80. The summed E-state index contributed by atoms with van der Waals surface area (Å²) in [5, 5.41) is 5.21. The van der Waals surface area contributed by atoms with Crippen molar-refractivity contribution in [2.45, 2.75) is 12.6 Å². The number of fused-ring (bicyclic) bond motifs is 1. The molecule has 8 heteroatoms. The molecule has 1 unspecified atom stereocenters. The van der Waals surface area contributed by atoms with E-state index in [1.165, 1.54) is 17.0 Å². The molecule has 2 aliphatic heterocycles. The number of likely N-dealkylation sites (N-methyl/N-ethyl adjacent to an activating group) is 1. The van der Waals surface area contributed by atoms with Crippen molar-refractivity contribution in [1.29, 1.82) is 0 Å². The molecule has 38 heavy (non-hydrogen) atoms. The first-order valence-corrected chi connectivity index (χ1v) is 13.7. The summed E-state index contributed by atoms with van der Waals surface area (Å²) in [7, 11) is 2.16. The third-order valence-corrected chi connectivity index (χ3v) is 8.04. The second kappa shape index (κ2) is 10.4. The summed E-state index contributed by atoms with van der Waals surface area (Å²) in [4.78, 5) is 37.7. The number of carbonyl (C=O) groups is 2. The summed E-state index contributed by atoms with van der Waals surface area (Å²) in [5.74, 6) is -0.411. The zero-order valence-corrected chi connectivity index (χ0v) is 22.0. The van der Waals surface area contributed by atoms with Crippen LogP contribution < -0.4 is 10.2 Å². The quantitative estimate of drug-likeness (QED) is 0.390. The van der Waals surface area contributed by atoms with E-state index in [-0.39, 0.29) is 11.8 Å². The highest BCUT2D eigenvalue weighted by Crippen LogP contribution is 2.35. The highest BCUT2D eigenvalue weighted by atomic mass is 32.1. The van der Waals surface area contributed by atoms with Gasteiger partial charge in [-0.3, -0.25) is 14.9 Å². The number of amides is 2. The van der Waals surface area contributed by atoms with Crippen molar-refractivity contribution in [3.8, 4) is 11.1 Å². The van der Waals surface area contributed by atoms with Crippen LogP contribution in [0.4, 0.5) is 10.8 Å². The normalized spacial score (nSPS) is 16.4. The molecule has 3 heterocycles. The molecule has 0 spiro atoms. The first kappa shape index (κ1) is 24.3. The molecule has 0 radical (unpaired) electrons. The van der Waals surface area contributed by atoms with Crippen molar-refractivity contribution in [1.82, 2.24) is 14.8 Å². The van der Waals surface area contributed by atoms with Crippen LogP contribution in [0.5, 0.6) is 0 Å². The van der Waals surface area contributed by atoms with Gasteiger partial charge < -0.3 is 14.7 Å². The van der Waals surface area contributed by atoms with Crippen molar-refractivity contribution >= 4 is 34.0 Å². The summed E-state index contributed by atoms with van der Waals surface area (Å²) >= 11 is 1.35. The van der Waals surface area contributed by atoms with Gasteiger partial charge in [-0.15, -0.1) is 11.3 Å². The molecule has 1 atom stereocenters. The first-order chi connectivity index (χ1) is 18.6. The third-order valence-electron chi connectivity index (χ3n) is 7.35. The maximum Gasteiger partial charge on any atom is 0.255 e. The number of aromatic nitrogens is 1. The van der Waals surface area contributed by atoms with E-state index in [2.05, 4.69) is 57.5 Å². The molecule has 2 aliphatic rings. The minimum absolute atomic E-state index is 0.140. The van der Waals surface area contributed by atoms with Crippen LogP contribution in [0.1, 0.15) is 27.5 Å². The Kier molecular flexibility index (Phi) is 6.66. The molecule has 192 valence electrons. The van der Waals surface area contributed by atoms with Crippen molar-refractivity contribution in [2.75, 3.05) is 43.4 Å². The Morgan fingerprint density at radius 2 is 1.68 bits per heavy atom. The highest BCUT2D eigenvalue weighted by molar-refractivity contribution is 7.13. The average Bonchev–Trinajstić information content (AvgIpc) is 3.58. The molecule has 4 aromatic rings. The summed E-state index contributed by atoms with van der Waals surface area (Å²) in [6.45, 7) is 4.56. The van der Waals surface area contributed by atoms with Gasteiger partial charge >= 0.3 is 0 Å². The molecule has 1 saturated heterocycles. The lowest BCUT2D eigenvalue weighted by atomic mass is 10.00. The largest absolute Gasteiger partial charge is 0.369 e. The van der Waals surface area contributed by atoms with Crippen LogP contribution in [0.3, 0.4) is 0 Å². The van der Waals surface area contributed by atoms with Crippen LogP contribution in [-0.2, 0) is 11.3 Å². The predicted molar refractivity (Wildman–Crippen MR) is 151 cm³/mol. The SMILES string of the molecule is CN1CCN(c2ccc(-c3ccc4c(c3)C(=O)N(C(C(=O)Nc3nccs3)c3ccccc3)C4)cc2)CC1. The van der Waals surface area contributed by atoms with E-state index < -0.39 is 6.04 Å². The van der Waals surface area contributed by atoms with E-state index in [4.69, 9.17) is 0 Å². The minimum Gasteiger partial charge on any atom is -0.369 e. The molecule has 1 aromatic heterocycles. The fourth-order valence-electron chi connectivity index (χ4n) is 5.21. The number of nitrogens with one attached hydrogen (secondary N) is 1. The summed E-state index contributed by atoms with van der Waals surface area (Å²) in [6.07, 6.45) is 1.65. The second-order valence-electron chi connectivity index (χ2n) is 9.78. The minimum atomic E-state index is -0.758. The maximum absolute atomic E-state index is 13.7. The van der Waals surface area contributed by atoms with E-state index in [1.807, 2.05) is 47.8 Å². The Balaban J connectivity index is 1.25. The summed E-state index contributed by atoms with van der Waals surface area (Å²) < 4.78 is 0. The van der Waals surface area contributed by atoms with Crippen LogP contribution in [0.2, 0.25) is 0 Å². The molecular formula is C30H29N5O2S. The van der Waals surface area contributed by atoms with Crippen molar-refractivity contribution in [3.63, 3.8) is 0 Å². The van der Waals surface area contributed by atoms with Crippen LogP contribution in [-0.4, -0.2) is 59.8 Å². The average molecular weight is 524 g/mol. The van der Waals surface area contributed by atoms with Crippen molar-refractivity contribution in [3.05, 3.63) is 101 Å². The first-order valence-electron chi connectivity index (χ1n) is 12.8. The number of piperazine rings is 1. The molecule has 3 aromatic carbocycles. The lowest BCUT2D eigenvalue weighted by Gasteiger charge is -2.34. The number of hydrogen-bond donors (Lipinski definition) is 1. The van der Waals surface area contributed by atoms with Gasteiger partial charge in [0.05, 0.1) is 0 Å². The summed E-state index contributed by atoms with van der Waals surface area (Å²) in [6, 6.07) is 23.3. The van der Waals surface area contributed by atoms with E-state index in [0.717, 1.165) is 48.4 Å². The van der Waals surface area contributed by atoms with Gasteiger partial charge in [-0.2, -0.15) is 0 Å². The smallest absolute Gasteiger partial charge is 0.255 e. The Morgan fingerprint density at radius 3 is 2.39 bits per heavy atom. The highest BCUT2D eigenvalue weighted by Gasteiger charge is 2.37. The monoisotopic (exact) mass is 523 g/mol. The second-order valence-corrected chi connectivity index (χ2v) is 10.7. The van der Waals surface area contributed by atoms with Crippen LogP contribution in [0.25, 0.3) is 11.1 Å². The lowest BCUT2D eigenvalue weighted by molar-refractivity contribution is -0.120. The van der Waals surface area contributed by atoms with Crippen LogP contribution in [0.15, 0.2) is 84.4 Å². The zero-order chi connectivity index (χ0) is 26.1. The fourth-order valence-corrected chi connectivity index (χ4v) is 5.74. The van der Waals surface area contributed by atoms with Gasteiger partial charge in [-0.25, -0.2) is 4.98 Å². The van der Waals surface area contributed by atoms with Gasteiger partial charge in [0, 0.05) is 55.6 Å². The molecule has 7 nitrogen and oxygen atoms in total. The zero-order valence-electron chi connectivity index (χ0n) is 21.2. The molecule has 6 rings (SSSR count). The van der Waals surface area contributed by atoms with Gasteiger partial charge in [-0.1, -0.05) is 54.6 Å². The molecule has 1 fully saturated rings. The number of carbonyl (C=O) groups excluding carboxylic acids is 2. The molecule has 1 N–H and O–H groups in total. The van der Waals surface area contributed by atoms with E-state index in [0.29, 0.717) is 17.2 Å². The number of rotatable bonds is 6. The number of hydrogen-bond acceptors (Lipinski definition) is 6. The number of benzene rings is 3. The molecule has 2 amide bonds.